The van der Waals surface area contributed by atoms with E-state index in [4.69, 9.17) is 0 Å². The highest BCUT2D eigenvalue weighted by Gasteiger charge is 2.23. The number of benzene rings is 2. The van der Waals surface area contributed by atoms with Crippen LogP contribution in [-0.4, -0.2) is 51.3 Å². The Morgan fingerprint density at radius 3 is 2.14 bits per heavy atom. The number of nitrogens with one attached hydrogen (secondary N) is 4. The number of aromatic hydroxyl groups is 2. The fourth-order valence-corrected chi connectivity index (χ4v) is 4.40. The van der Waals surface area contributed by atoms with Gasteiger partial charge in [-0.05, 0) is 60.4 Å². The SMILES string of the molecule is O=C(Cc1c[nH]c2ccc(O)cc12)NC(Cc1c[nH]c2ccc(O)cc12)C(=O)NCCCCCCF. The minimum Gasteiger partial charge on any atom is -0.508 e. The number of aromatic nitrogens is 2. The van der Waals surface area contributed by atoms with E-state index in [-0.39, 0.29) is 42.8 Å². The van der Waals surface area contributed by atoms with E-state index in [2.05, 4.69) is 20.6 Å². The molecule has 0 aliphatic heterocycles. The van der Waals surface area contributed by atoms with E-state index in [0.717, 1.165) is 46.6 Å². The predicted octanol–water partition coefficient (Wildman–Crippen LogP) is 3.98. The Kier molecular flexibility index (Phi) is 8.10. The highest BCUT2D eigenvalue weighted by Crippen LogP contribution is 2.25. The maximum atomic E-state index is 13.1. The molecule has 2 heterocycles. The van der Waals surface area contributed by atoms with Gasteiger partial charge in [0.05, 0.1) is 13.1 Å². The number of phenolic OH excluding ortho intramolecular Hbond substituents is 2. The van der Waals surface area contributed by atoms with Gasteiger partial charge in [0.25, 0.3) is 0 Å². The third-order valence-electron chi connectivity index (χ3n) is 6.29. The fraction of sp³-hybridized carbons (Fsp3) is 0.333. The summed E-state index contributed by atoms with van der Waals surface area (Å²) in [5, 5.41) is 27.0. The van der Waals surface area contributed by atoms with Gasteiger partial charge in [0.2, 0.25) is 11.8 Å². The van der Waals surface area contributed by atoms with Crippen molar-refractivity contribution in [1.82, 2.24) is 20.6 Å². The molecule has 36 heavy (non-hydrogen) atoms. The van der Waals surface area contributed by atoms with E-state index in [1.54, 1.807) is 48.8 Å². The number of amides is 2. The molecule has 0 fully saturated rings. The summed E-state index contributed by atoms with van der Waals surface area (Å²) in [6, 6.07) is 9.04. The molecule has 0 spiro atoms. The lowest BCUT2D eigenvalue weighted by Crippen LogP contribution is -2.48. The van der Waals surface area contributed by atoms with Gasteiger partial charge in [-0.15, -0.1) is 0 Å². The number of fused-ring (bicyclic) bond motifs is 2. The molecule has 4 rings (SSSR count). The number of rotatable bonds is 12. The lowest BCUT2D eigenvalue weighted by atomic mass is 10.0. The number of halogens is 1. The van der Waals surface area contributed by atoms with Crippen molar-refractivity contribution in [3.8, 4) is 11.5 Å². The molecule has 8 nitrogen and oxygen atoms in total. The van der Waals surface area contributed by atoms with E-state index >= 15 is 0 Å². The average molecular weight is 495 g/mol. The molecule has 0 bridgehead atoms. The lowest BCUT2D eigenvalue weighted by Gasteiger charge is -2.18. The van der Waals surface area contributed by atoms with Crippen molar-refractivity contribution < 1.29 is 24.2 Å². The molecule has 2 amide bonds. The van der Waals surface area contributed by atoms with Crippen LogP contribution >= 0.6 is 0 Å². The Hall–Kier alpha value is -4.01. The minimum absolute atomic E-state index is 0.0329. The molecule has 0 saturated heterocycles. The third kappa shape index (κ3) is 6.16. The van der Waals surface area contributed by atoms with E-state index < -0.39 is 6.04 Å². The zero-order valence-electron chi connectivity index (χ0n) is 19.9. The van der Waals surface area contributed by atoms with Gasteiger partial charge in [-0.2, -0.15) is 0 Å². The number of phenols is 2. The Morgan fingerprint density at radius 2 is 1.47 bits per heavy atom. The van der Waals surface area contributed by atoms with E-state index in [0.29, 0.717) is 18.5 Å². The summed E-state index contributed by atoms with van der Waals surface area (Å²) in [5.41, 5.74) is 3.12. The smallest absolute Gasteiger partial charge is 0.242 e. The molecule has 2 aromatic carbocycles. The monoisotopic (exact) mass is 494 g/mol. The average Bonchev–Trinajstić information content (AvgIpc) is 3.44. The molecule has 0 aliphatic rings. The molecule has 6 N–H and O–H groups in total. The summed E-state index contributed by atoms with van der Waals surface area (Å²) in [6.45, 7) is 0.102. The molecule has 0 saturated carbocycles. The first-order valence-corrected chi connectivity index (χ1v) is 12.2. The van der Waals surface area contributed by atoms with Crippen LogP contribution in [0, 0.1) is 0 Å². The topological polar surface area (TPSA) is 130 Å². The van der Waals surface area contributed by atoms with Crippen LogP contribution < -0.4 is 10.6 Å². The van der Waals surface area contributed by atoms with Crippen molar-refractivity contribution in [3.05, 3.63) is 59.9 Å². The van der Waals surface area contributed by atoms with Gasteiger partial charge in [-0.3, -0.25) is 14.0 Å². The molecule has 190 valence electrons. The predicted molar refractivity (Wildman–Crippen MR) is 137 cm³/mol. The first-order chi connectivity index (χ1) is 17.4. The molecule has 1 unspecified atom stereocenters. The number of hydrogen-bond acceptors (Lipinski definition) is 4. The van der Waals surface area contributed by atoms with E-state index in [1.165, 1.54) is 0 Å². The Balaban J connectivity index is 1.47. The highest BCUT2D eigenvalue weighted by atomic mass is 19.1. The van der Waals surface area contributed by atoms with Crippen molar-refractivity contribution in [1.29, 1.82) is 0 Å². The van der Waals surface area contributed by atoms with Crippen LogP contribution in [0.25, 0.3) is 21.8 Å². The highest BCUT2D eigenvalue weighted by molar-refractivity contribution is 5.93. The first-order valence-electron chi connectivity index (χ1n) is 12.2. The third-order valence-corrected chi connectivity index (χ3v) is 6.29. The van der Waals surface area contributed by atoms with E-state index in [1.807, 2.05) is 0 Å². The van der Waals surface area contributed by atoms with Crippen molar-refractivity contribution >= 4 is 33.6 Å². The summed E-state index contributed by atoms with van der Waals surface area (Å²) in [5.74, 6) is -0.413. The van der Waals surface area contributed by atoms with Gasteiger partial charge < -0.3 is 30.8 Å². The van der Waals surface area contributed by atoms with Crippen LogP contribution in [-0.2, 0) is 22.4 Å². The normalized spacial score (nSPS) is 12.1. The van der Waals surface area contributed by atoms with Gasteiger partial charge in [-0.25, -0.2) is 0 Å². The number of aromatic amines is 2. The zero-order valence-corrected chi connectivity index (χ0v) is 19.9. The van der Waals surface area contributed by atoms with Crippen molar-refractivity contribution in [2.75, 3.05) is 13.2 Å². The van der Waals surface area contributed by atoms with Crippen molar-refractivity contribution in [2.45, 2.75) is 44.6 Å². The summed E-state index contributed by atoms with van der Waals surface area (Å²) in [6.07, 6.45) is 6.59. The number of carbonyl (C=O) groups excluding carboxylic acids is 2. The van der Waals surface area contributed by atoms with E-state index in [9.17, 15) is 24.2 Å². The van der Waals surface area contributed by atoms with Crippen LogP contribution in [0.4, 0.5) is 4.39 Å². The second kappa shape index (κ2) is 11.6. The molecule has 2 aromatic heterocycles. The second-order valence-electron chi connectivity index (χ2n) is 8.98. The van der Waals surface area contributed by atoms with Gasteiger partial charge >= 0.3 is 0 Å². The van der Waals surface area contributed by atoms with Crippen LogP contribution in [0.1, 0.15) is 36.8 Å². The van der Waals surface area contributed by atoms with Crippen LogP contribution in [0.3, 0.4) is 0 Å². The van der Waals surface area contributed by atoms with Gasteiger partial charge in [0.15, 0.2) is 0 Å². The van der Waals surface area contributed by atoms with Crippen molar-refractivity contribution in [3.63, 3.8) is 0 Å². The van der Waals surface area contributed by atoms with Crippen LogP contribution in [0.2, 0.25) is 0 Å². The maximum absolute atomic E-state index is 13.1. The molecule has 0 radical (unpaired) electrons. The summed E-state index contributed by atoms with van der Waals surface area (Å²) >= 11 is 0. The standard InChI is InChI=1S/C27H31FN4O4/c28-9-3-1-2-4-10-29-27(36)25(11-17-15-30-23-7-5-19(33)13-21(17)23)32-26(35)12-18-16-31-24-8-6-20(34)14-22(18)24/h5-8,13-16,25,30-31,33-34H,1-4,9-12H2,(H,29,36)(H,32,35). The first kappa shape index (κ1) is 25.1. The number of alkyl halides is 1. The molecule has 4 aromatic rings. The fourth-order valence-electron chi connectivity index (χ4n) is 4.40. The number of hydrogen-bond donors (Lipinski definition) is 6. The van der Waals surface area contributed by atoms with Crippen LogP contribution in [0.15, 0.2) is 48.8 Å². The Bertz CT molecular complexity index is 1350. The largest absolute Gasteiger partial charge is 0.508 e. The summed E-state index contributed by atoms with van der Waals surface area (Å²) < 4.78 is 12.3. The molecule has 1 atom stereocenters. The van der Waals surface area contributed by atoms with Crippen LogP contribution in [0.5, 0.6) is 11.5 Å². The Labute approximate surface area is 207 Å². The quantitative estimate of drug-likeness (QED) is 0.166. The lowest BCUT2D eigenvalue weighted by molar-refractivity contribution is -0.128. The molecular weight excluding hydrogens is 463 g/mol. The summed E-state index contributed by atoms with van der Waals surface area (Å²) in [4.78, 5) is 32.3. The number of unbranched alkanes of at least 4 members (excludes halogenated alkanes) is 3. The molecule has 9 heteroatoms. The summed E-state index contributed by atoms with van der Waals surface area (Å²) in [7, 11) is 0. The molecular formula is C27H31FN4O4. The Morgan fingerprint density at radius 1 is 0.861 bits per heavy atom. The van der Waals surface area contributed by atoms with Gasteiger partial charge in [0, 0.05) is 47.2 Å². The van der Waals surface area contributed by atoms with Crippen molar-refractivity contribution in [2.24, 2.45) is 0 Å². The van der Waals surface area contributed by atoms with Gasteiger partial charge in [-0.1, -0.05) is 12.8 Å². The van der Waals surface area contributed by atoms with Gasteiger partial charge in [0.1, 0.15) is 17.5 Å². The maximum Gasteiger partial charge on any atom is 0.242 e. The minimum atomic E-state index is -0.830. The molecule has 0 aliphatic carbocycles. The second-order valence-corrected chi connectivity index (χ2v) is 8.98. The zero-order chi connectivity index (χ0) is 25.5. The number of H-pyrrole nitrogens is 2. The number of carbonyl (C=O) groups is 2.